The minimum absolute atomic E-state index is 0.00191. The highest BCUT2D eigenvalue weighted by Gasteiger charge is 2.64. The number of aliphatic hydroxyl groups excluding tert-OH is 12. The molecule has 8 fully saturated rings. The van der Waals surface area contributed by atoms with Gasteiger partial charge in [-0.1, -0.05) is 39.3 Å². The predicted molar refractivity (Wildman–Crippen MR) is 281 cm³/mol. The van der Waals surface area contributed by atoms with E-state index in [1.54, 1.807) is 6.92 Å². The Balaban J connectivity index is 0.983. The largest absolute Gasteiger partial charge is 0.397 e. The lowest BCUT2D eigenvalue weighted by atomic mass is 9.47. The Bertz CT molecular complexity index is 2390. The van der Waals surface area contributed by atoms with Gasteiger partial charge in [0.1, 0.15) is 103 Å². The fourth-order valence-corrected chi connectivity index (χ4v) is 16.1. The van der Waals surface area contributed by atoms with Crippen LogP contribution >= 0.6 is 0 Å². The lowest BCUT2D eigenvalue weighted by Gasteiger charge is -2.60. The van der Waals surface area contributed by atoms with Crippen molar-refractivity contribution in [2.45, 2.75) is 265 Å². The highest BCUT2D eigenvalue weighted by molar-refractivity contribution is 7.80. The lowest BCUT2D eigenvalue weighted by molar-refractivity contribution is -0.395. The van der Waals surface area contributed by atoms with Crippen LogP contribution in [0.2, 0.25) is 0 Å². The van der Waals surface area contributed by atoms with Crippen molar-refractivity contribution in [3.8, 4) is 0 Å². The smallest absolute Gasteiger partial charge is 0.394 e. The number of hydrogen-bond acceptors (Lipinski definition) is 27. The SMILES string of the molecule is CC(C)CC(=O)CC(C)(O)C1CCC2C3CC(OC4OC(CO)C(O)C(OC5OCC(OC6OCC(O)C(O)C6OC6OC(C)C(O)C(O)C6O)C(O)C5OC5OC(C)C(O)C(O)C5O)C4O)C4CC(OS(=O)(=O)O)CCC4(C)C3=CCC21C. The summed E-state index contributed by atoms with van der Waals surface area (Å²) in [6, 6.07) is 0. The molecule has 29 heteroatoms. The van der Waals surface area contributed by atoms with Crippen LogP contribution in [0.3, 0.4) is 0 Å². The molecule has 5 aliphatic heterocycles. The normalized spacial score (nSPS) is 50.8. The molecule has 0 amide bonds. The first-order chi connectivity index (χ1) is 39.3. The van der Waals surface area contributed by atoms with Crippen molar-refractivity contribution < 1.29 is 136 Å². The van der Waals surface area contributed by atoms with Crippen LogP contribution in [0.4, 0.5) is 0 Å². The van der Waals surface area contributed by atoms with E-state index >= 15 is 0 Å². The van der Waals surface area contributed by atoms with Crippen LogP contribution < -0.4 is 0 Å². The van der Waals surface area contributed by atoms with Gasteiger partial charge in [0.2, 0.25) is 0 Å². The van der Waals surface area contributed by atoms with Gasteiger partial charge in [-0.15, -0.1) is 0 Å². The first-order valence-electron chi connectivity index (χ1n) is 29.4. The average molecular weight is 1230 g/mol. The van der Waals surface area contributed by atoms with E-state index in [9.17, 15) is 84.1 Å². The maximum Gasteiger partial charge on any atom is 0.397 e. The minimum Gasteiger partial charge on any atom is -0.394 e. The quantitative estimate of drug-likeness (QED) is 0.0478. The van der Waals surface area contributed by atoms with Crippen LogP contribution in [0.15, 0.2) is 11.6 Å². The summed E-state index contributed by atoms with van der Waals surface area (Å²) in [5, 5.41) is 145. The maximum absolute atomic E-state index is 13.2. The van der Waals surface area contributed by atoms with E-state index in [1.807, 2.05) is 13.8 Å². The molecule has 0 aromatic rings. The van der Waals surface area contributed by atoms with Crippen molar-refractivity contribution >= 4 is 16.2 Å². The third-order valence-electron chi connectivity index (χ3n) is 19.9. The zero-order chi connectivity index (χ0) is 61.4. The number of ketones is 1. The molecule has 0 spiro atoms. The van der Waals surface area contributed by atoms with Gasteiger partial charge in [-0.25, -0.2) is 4.18 Å². The highest BCUT2D eigenvalue weighted by Crippen LogP contribution is 2.67. The molecule has 32 unspecified atom stereocenters. The van der Waals surface area contributed by atoms with E-state index < -0.39 is 206 Å². The third kappa shape index (κ3) is 13.3. The third-order valence-corrected chi connectivity index (χ3v) is 20.5. The molecule has 0 bridgehead atoms. The first-order valence-corrected chi connectivity index (χ1v) is 30.8. The molecule has 32 atom stereocenters. The zero-order valence-corrected chi connectivity index (χ0v) is 49.1. The Morgan fingerprint density at radius 2 is 1.23 bits per heavy atom. The fourth-order valence-electron chi connectivity index (χ4n) is 15.5. The van der Waals surface area contributed by atoms with Crippen molar-refractivity contribution in [1.29, 1.82) is 0 Å². The molecular formula is C55H90O28S. The van der Waals surface area contributed by atoms with Gasteiger partial charge in [-0.2, -0.15) is 8.42 Å². The van der Waals surface area contributed by atoms with E-state index in [4.69, 9.17) is 51.6 Å². The summed E-state index contributed by atoms with van der Waals surface area (Å²) in [7, 11) is -4.90. The Morgan fingerprint density at radius 1 is 0.667 bits per heavy atom. The standard InChI is InChI=1S/C55H90O28S/c1-21(2)14-24(57)17-55(7,69)34-9-8-27-26-16-31(29-15-25(83-84(70,71)72)10-12-53(29,5)28(26)11-13-54(27,34)6)77-50-44(68)45(38(62)32(18-56)78-50)80-52-47(82-49-43(67)41(65)36(60)23(4)76-49)39(63)33(20-74-52)79-51-46(37(61)30(58)19-73-51)81-48-42(66)40(64)35(59)22(3)75-48/h11,21-23,25-27,29-52,56,58-69H,8-10,12-20H2,1-7H3,(H,70,71,72). The number of hydrogen-bond donors (Lipinski definition) is 14. The number of carbonyl (C=O) groups is 1. The van der Waals surface area contributed by atoms with Crippen LogP contribution in [0, 0.1) is 40.4 Å². The second-order valence-electron chi connectivity index (χ2n) is 26.2. The Kier molecular flexibility index (Phi) is 20.6. The molecule has 0 radical (unpaired) electrons. The summed E-state index contributed by atoms with van der Waals surface area (Å²) < 4.78 is 99.8. The number of fused-ring (bicyclic) bond motifs is 5. The molecule has 4 aliphatic carbocycles. The van der Waals surface area contributed by atoms with Crippen LogP contribution in [0.1, 0.15) is 106 Å². The van der Waals surface area contributed by atoms with E-state index in [0.29, 0.717) is 32.1 Å². The van der Waals surface area contributed by atoms with Crippen LogP contribution in [0.5, 0.6) is 0 Å². The van der Waals surface area contributed by atoms with Crippen molar-refractivity contribution in [3.63, 3.8) is 0 Å². The minimum atomic E-state index is -4.90. The molecule has 28 nitrogen and oxygen atoms in total. The second kappa shape index (κ2) is 25.9. The predicted octanol–water partition coefficient (Wildman–Crippen LogP) is -3.07. The van der Waals surface area contributed by atoms with Crippen LogP contribution in [-0.2, 0) is 66.7 Å². The molecular weight excluding hydrogens is 1140 g/mol. The van der Waals surface area contributed by atoms with Gasteiger partial charge >= 0.3 is 10.4 Å². The number of aliphatic hydroxyl groups is 13. The average Bonchev–Trinajstić information content (AvgIpc) is 1.37. The molecule has 5 heterocycles. The summed E-state index contributed by atoms with van der Waals surface area (Å²) >= 11 is 0. The van der Waals surface area contributed by atoms with Crippen molar-refractivity contribution in [3.05, 3.63) is 11.6 Å². The van der Waals surface area contributed by atoms with Gasteiger partial charge < -0.3 is 114 Å². The summed E-state index contributed by atoms with van der Waals surface area (Å²) in [5.74, 6) is -0.943. The fraction of sp³-hybridized carbons (Fsp3) is 0.945. The summed E-state index contributed by atoms with van der Waals surface area (Å²) in [4.78, 5) is 13.2. The molecule has 3 saturated carbocycles. The Labute approximate surface area is 487 Å². The summed E-state index contributed by atoms with van der Waals surface area (Å²) in [6.07, 6.45) is -35.9. The second-order valence-corrected chi connectivity index (χ2v) is 27.3. The molecule has 84 heavy (non-hydrogen) atoms. The van der Waals surface area contributed by atoms with Gasteiger partial charge in [0.05, 0.1) is 49.8 Å². The van der Waals surface area contributed by atoms with Crippen molar-refractivity contribution in [2.75, 3.05) is 19.8 Å². The molecule has 484 valence electrons. The molecule has 9 aliphatic rings. The van der Waals surface area contributed by atoms with E-state index in [-0.39, 0.29) is 55.1 Å². The summed E-state index contributed by atoms with van der Waals surface area (Å²) in [6.45, 7) is 10.5. The highest BCUT2D eigenvalue weighted by atomic mass is 32.3. The number of carbonyl (C=O) groups excluding carboxylic acids is 1. The Morgan fingerprint density at radius 3 is 1.82 bits per heavy atom. The maximum atomic E-state index is 13.2. The number of rotatable bonds is 18. The lowest BCUT2D eigenvalue weighted by Crippen LogP contribution is -2.66. The zero-order valence-electron chi connectivity index (χ0n) is 48.3. The van der Waals surface area contributed by atoms with Crippen LogP contribution in [0.25, 0.3) is 0 Å². The molecule has 9 rings (SSSR count). The van der Waals surface area contributed by atoms with E-state index in [1.165, 1.54) is 13.8 Å². The molecule has 14 N–H and O–H groups in total. The van der Waals surface area contributed by atoms with E-state index in [0.717, 1.165) is 5.57 Å². The van der Waals surface area contributed by atoms with E-state index in [2.05, 4.69) is 19.9 Å². The van der Waals surface area contributed by atoms with Crippen LogP contribution in [-0.4, -0.2) is 264 Å². The topological polar surface area (TPSA) is 436 Å². The summed E-state index contributed by atoms with van der Waals surface area (Å²) in [5.41, 5.74) is -1.36. The van der Waals surface area contributed by atoms with Crippen molar-refractivity contribution in [2.24, 2.45) is 40.4 Å². The van der Waals surface area contributed by atoms with Gasteiger partial charge in [-0.05, 0) is 106 Å². The Hall–Kier alpha value is -1.64. The van der Waals surface area contributed by atoms with Gasteiger partial charge in [-0.3, -0.25) is 9.35 Å². The number of ether oxygens (including phenoxy) is 10. The number of Topliss-reactive ketones (excluding diaryl/α,β-unsaturated/α-hetero) is 1. The monoisotopic (exact) mass is 1230 g/mol. The molecule has 0 aromatic heterocycles. The molecule has 0 aromatic carbocycles. The molecule has 5 saturated heterocycles. The van der Waals surface area contributed by atoms with Crippen molar-refractivity contribution in [1.82, 2.24) is 0 Å². The first kappa shape index (κ1) is 66.8. The van der Waals surface area contributed by atoms with Gasteiger partial charge in [0.15, 0.2) is 31.5 Å². The van der Waals surface area contributed by atoms with Gasteiger partial charge in [0.25, 0.3) is 0 Å². The number of allylic oxidation sites excluding steroid dienone is 2. The van der Waals surface area contributed by atoms with Gasteiger partial charge in [0, 0.05) is 12.8 Å².